The number of carbonyl (C=O) groups is 2. The van der Waals surface area contributed by atoms with Crippen molar-refractivity contribution in [2.75, 3.05) is 0 Å². The van der Waals surface area contributed by atoms with Crippen molar-refractivity contribution in [2.45, 2.75) is 112 Å². The van der Waals surface area contributed by atoms with E-state index in [0.717, 1.165) is 18.8 Å². The second kappa shape index (κ2) is 7.43. The summed E-state index contributed by atoms with van der Waals surface area (Å²) in [6.45, 7) is 13.5. The molecule has 4 heteroatoms. The molecule has 0 amide bonds. The van der Waals surface area contributed by atoms with E-state index in [9.17, 15) is 19.8 Å². The summed E-state index contributed by atoms with van der Waals surface area (Å²) in [6, 6.07) is 0. The molecule has 190 valence electrons. The number of Topliss-reactive ketones (excluding diaryl/α,β-unsaturated/α-hetero) is 1. The van der Waals surface area contributed by atoms with Crippen molar-refractivity contribution in [3.05, 3.63) is 11.6 Å². The summed E-state index contributed by atoms with van der Waals surface area (Å²) in [5.74, 6) is 1.81. The number of hydrogen-bond donors (Lipinski definition) is 2. The van der Waals surface area contributed by atoms with E-state index in [1.807, 2.05) is 0 Å². The molecule has 5 rings (SSSR count). The first-order valence-corrected chi connectivity index (χ1v) is 13.9. The van der Waals surface area contributed by atoms with Crippen molar-refractivity contribution in [3.63, 3.8) is 0 Å². The van der Waals surface area contributed by atoms with Gasteiger partial charge in [-0.15, -0.1) is 0 Å². The van der Waals surface area contributed by atoms with Crippen LogP contribution in [0.25, 0.3) is 0 Å². The lowest BCUT2D eigenvalue weighted by atomic mass is 9.42. The summed E-state index contributed by atoms with van der Waals surface area (Å²) in [5, 5.41) is 19.8. The number of carboxylic acid groups (broad SMARTS) is 1. The SMILES string of the molecule is C/C(=C\[C@@H](O)C[C@@H](C)[C@H]1CC[C@@]2(C)[C@@H]3CC[C@H]4C(C)(C)C(=O)CC[C@@]45C[C@@]35CC[C@]12C)C(=O)O. The highest BCUT2D eigenvalue weighted by Gasteiger charge is 2.82. The average molecular weight is 471 g/mol. The molecule has 34 heavy (non-hydrogen) atoms. The molecule has 0 unspecified atom stereocenters. The van der Waals surface area contributed by atoms with Gasteiger partial charge in [0.1, 0.15) is 5.78 Å². The molecule has 9 atom stereocenters. The Morgan fingerprint density at radius 2 is 1.65 bits per heavy atom. The largest absolute Gasteiger partial charge is 0.478 e. The maximum Gasteiger partial charge on any atom is 0.331 e. The van der Waals surface area contributed by atoms with Crippen LogP contribution in [0.5, 0.6) is 0 Å². The molecule has 5 aliphatic rings. The number of ketones is 1. The van der Waals surface area contributed by atoms with Crippen molar-refractivity contribution in [1.82, 2.24) is 0 Å². The minimum absolute atomic E-state index is 0.154. The summed E-state index contributed by atoms with van der Waals surface area (Å²) in [4.78, 5) is 24.0. The van der Waals surface area contributed by atoms with Gasteiger partial charge in [0, 0.05) is 17.4 Å². The molecule has 0 saturated heterocycles. The Labute approximate surface area is 206 Å². The minimum Gasteiger partial charge on any atom is -0.478 e. The van der Waals surface area contributed by atoms with E-state index < -0.39 is 12.1 Å². The zero-order valence-electron chi connectivity index (χ0n) is 22.2. The van der Waals surface area contributed by atoms with Crippen LogP contribution in [0, 0.1) is 50.7 Å². The number of hydrogen-bond acceptors (Lipinski definition) is 3. The molecule has 2 spiro atoms. The zero-order valence-corrected chi connectivity index (χ0v) is 22.2. The molecule has 0 radical (unpaired) electrons. The van der Waals surface area contributed by atoms with Crippen molar-refractivity contribution in [2.24, 2.45) is 50.7 Å². The van der Waals surface area contributed by atoms with Crippen molar-refractivity contribution < 1.29 is 19.8 Å². The van der Waals surface area contributed by atoms with E-state index in [1.165, 1.54) is 51.0 Å². The molecule has 0 aromatic heterocycles. The van der Waals surface area contributed by atoms with Crippen LogP contribution in [0.15, 0.2) is 11.6 Å². The predicted molar refractivity (Wildman–Crippen MR) is 133 cm³/mol. The fourth-order valence-corrected chi connectivity index (χ4v) is 11.1. The van der Waals surface area contributed by atoms with Crippen LogP contribution in [-0.4, -0.2) is 28.1 Å². The molecule has 0 aromatic carbocycles. The summed E-state index contributed by atoms with van der Waals surface area (Å²) in [6.07, 6.45) is 12.3. The van der Waals surface area contributed by atoms with Gasteiger partial charge < -0.3 is 10.2 Å². The Morgan fingerprint density at radius 3 is 2.32 bits per heavy atom. The molecule has 5 saturated carbocycles. The highest BCUT2D eigenvalue weighted by molar-refractivity contribution is 5.86. The minimum atomic E-state index is -0.953. The maximum absolute atomic E-state index is 12.8. The van der Waals surface area contributed by atoms with Gasteiger partial charge >= 0.3 is 5.97 Å². The monoisotopic (exact) mass is 470 g/mol. The van der Waals surface area contributed by atoms with Gasteiger partial charge in [0.25, 0.3) is 0 Å². The number of fused-ring (bicyclic) bond motifs is 2. The molecule has 5 aliphatic carbocycles. The van der Waals surface area contributed by atoms with E-state index >= 15 is 0 Å². The first-order chi connectivity index (χ1) is 15.8. The second-order valence-corrected chi connectivity index (χ2v) is 14.2. The third-order valence-corrected chi connectivity index (χ3v) is 13.0. The van der Waals surface area contributed by atoms with E-state index in [1.54, 1.807) is 6.92 Å². The molecule has 0 aliphatic heterocycles. The van der Waals surface area contributed by atoms with Crippen molar-refractivity contribution >= 4 is 11.8 Å². The Balaban J connectivity index is 1.38. The smallest absolute Gasteiger partial charge is 0.331 e. The van der Waals surface area contributed by atoms with Crippen LogP contribution in [0.3, 0.4) is 0 Å². The fraction of sp³-hybridized carbons (Fsp3) is 0.867. The van der Waals surface area contributed by atoms with Gasteiger partial charge in [-0.3, -0.25) is 4.79 Å². The Kier molecular flexibility index (Phi) is 5.36. The Morgan fingerprint density at radius 1 is 1.00 bits per heavy atom. The first-order valence-electron chi connectivity index (χ1n) is 13.9. The van der Waals surface area contributed by atoms with E-state index in [2.05, 4.69) is 34.6 Å². The Hall–Kier alpha value is -1.16. The molecule has 5 fully saturated rings. The van der Waals surface area contributed by atoms with E-state index in [4.69, 9.17) is 0 Å². The normalized spacial score (nSPS) is 48.7. The van der Waals surface area contributed by atoms with Crippen molar-refractivity contribution in [3.8, 4) is 0 Å². The molecular formula is C30H46O4. The highest BCUT2D eigenvalue weighted by atomic mass is 16.4. The highest BCUT2D eigenvalue weighted by Crippen LogP contribution is 2.88. The quantitative estimate of drug-likeness (QED) is 0.455. The van der Waals surface area contributed by atoms with Gasteiger partial charge in [0.15, 0.2) is 0 Å². The zero-order chi connectivity index (χ0) is 24.9. The topological polar surface area (TPSA) is 74.6 Å². The lowest BCUT2D eigenvalue weighted by molar-refractivity contribution is -0.157. The van der Waals surface area contributed by atoms with Gasteiger partial charge in [-0.05, 0) is 116 Å². The average Bonchev–Trinajstić information content (AvgIpc) is 3.33. The molecule has 2 N–H and O–H groups in total. The maximum atomic E-state index is 12.8. The van der Waals surface area contributed by atoms with Crippen LogP contribution in [-0.2, 0) is 9.59 Å². The first kappa shape index (κ1) is 24.5. The van der Waals surface area contributed by atoms with Gasteiger partial charge in [0.2, 0.25) is 0 Å². The summed E-state index contributed by atoms with van der Waals surface area (Å²) >= 11 is 0. The number of aliphatic carboxylic acids is 1. The van der Waals surface area contributed by atoms with Crippen molar-refractivity contribution in [1.29, 1.82) is 0 Å². The molecular weight excluding hydrogens is 424 g/mol. The number of aliphatic hydroxyl groups excluding tert-OH is 1. The summed E-state index contributed by atoms with van der Waals surface area (Å²) in [5.41, 5.74) is 1.54. The van der Waals surface area contributed by atoms with Crippen LogP contribution < -0.4 is 0 Å². The van der Waals surface area contributed by atoms with Crippen LogP contribution >= 0.6 is 0 Å². The van der Waals surface area contributed by atoms with E-state index in [-0.39, 0.29) is 16.4 Å². The van der Waals surface area contributed by atoms with Gasteiger partial charge in [-0.25, -0.2) is 4.79 Å². The van der Waals surface area contributed by atoms with Crippen LogP contribution in [0.1, 0.15) is 106 Å². The second-order valence-electron chi connectivity index (χ2n) is 14.2. The lowest BCUT2D eigenvalue weighted by Crippen LogP contribution is -2.57. The van der Waals surface area contributed by atoms with Crippen LogP contribution in [0.2, 0.25) is 0 Å². The van der Waals surface area contributed by atoms with Gasteiger partial charge in [-0.1, -0.05) is 34.6 Å². The number of carbonyl (C=O) groups excluding carboxylic acids is 1. The predicted octanol–water partition coefficient (Wildman–Crippen LogP) is 6.41. The van der Waals surface area contributed by atoms with E-state index in [0.29, 0.717) is 46.2 Å². The lowest BCUT2D eigenvalue weighted by Gasteiger charge is -2.62. The van der Waals surface area contributed by atoms with Crippen LogP contribution in [0.4, 0.5) is 0 Å². The number of aliphatic hydroxyl groups is 1. The Bertz CT molecular complexity index is 934. The summed E-state index contributed by atoms with van der Waals surface area (Å²) in [7, 11) is 0. The third kappa shape index (κ3) is 2.93. The number of rotatable bonds is 5. The molecule has 0 heterocycles. The molecule has 4 nitrogen and oxygen atoms in total. The third-order valence-electron chi connectivity index (χ3n) is 13.0. The summed E-state index contributed by atoms with van der Waals surface area (Å²) < 4.78 is 0. The van der Waals surface area contributed by atoms with Gasteiger partial charge in [0.05, 0.1) is 6.10 Å². The standard InChI is InChI=1S/C30H46O4/c1-18(15-20(31)16-19(2)25(33)34)21-9-11-28(6)23-8-7-22-26(3,4)24(32)10-12-29(22)17-30(23,29)14-13-27(21,28)5/h16,18,20-23,31H,7-15,17H2,1-6H3,(H,33,34)/b19-16+/t18-,20+,21-,22+,23+,27-,28+,29-,30+/m1/s1. The fourth-order valence-electron chi connectivity index (χ4n) is 11.1. The molecule has 0 bridgehead atoms. The van der Waals surface area contributed by atoms with Gasteiger partial charge in [-0.2, -0.15) is 0 Å². The number of carboxylic acids is 1. The molecule has 0 aromatic rings.